The molecule has 0 bridgehead atoms. The summed E-state index contributed by atoms with van der Waals surface area (Å²) in [5, 5.41) is 0.509. The fraction of sp³-hybridized carbons (Fsp3) is 0.111. The van der Waals surface area contributed by atoms with E-state index in [2.05, 4.69) is 31.9 Å². The molecule has 0 aliphatic carbocycles. The third-order valence-corrected chi connectivity index (χ3v) is 6.83. The van der Waals surface area contributed by atoms with Crippen LogP contribution in [0.3, 0.4) is 0 Å². The molecule has 0 radical (unpaired) electrons. The zero-order chi connectivity index (χ0) is 19.7. The molecule has 0 spiro atoms. The molecule has 2 aromatic carbocycles. The second-order valence-electron chi connectivity index (χ2n) is 5.35. The van der Waals surface area contributed by atoms with Gasteiger partial charge in [-0.25, -0.2) is 0 Å². The first-order valence-corrected chi connectivity index (χ1v) is 10.7. The van der Waals surface area contributed by atoms with Crippen LogP contribution in [0.15, 0.2) is 44.2 Å². The Bertz CT molecular complexity index is 981. The van der Waals surface area contributed by atoms with Crippen LogP contribution in [0, 0.1) is 0 Å². The van der Waals surface area contributed by atoms with Crippen molar-refractivity contribution in [3.63, 3.8) is 0 Å². The van der Waals surface area contributed by atoms with E-state index in [-0.39, 0.29) is 5.91 Å². The maximum atomic E-state index is 12.9. The second-order valence-corrected chi connectivity index (χ2v) is 9.15. The number of thioether (sulfide) groups is 1. The quantitative estimate of drug-likeness (QED) is 0.331. The van der Waals surface area contributed by atoms with Gasteiger partial charge in [-0.15, -0.1) is 0 Å². The molecule has 0 saturated carbocycles. The van der Waals surface area contributed by atoms with Gasteiger partial charge in [-0.05, 0) is 73.8 Å². The summed E-state index contributed by atoms with van der Waals surface area (Å²) in [4.78, 5) is 14.9. The van der Waals surface area contributed by atoms with Gasteiger partial charge in [0.15, 0.2) is 15.8 Å². The lowest BCUT2D eigenvalue weighted by Gasteiger charge is -2.15. The molecule has 0 N–H and O–H groups in total. The molecule has 4 nitrogen and oxygen atoms in total. The van der Waals surface area contributed by atoms with Crippen LogP contribution < -0.4 is 14.4 Å². The first-order chi connectivity index (χ1) is 12.8. The molecular weight excluding hydrogens is 538 g/mol. The van der Waals surface area contributed by atoms with E-state index in [0.717, 1.165) is 14.5 Å². The number of hydrogen-bond donors (Lipinski definition) is 0. The van der Waals surface area contributed by atoms with Crippen molar-refractivity contribution in [1.29, 1.82) is 0 Å². The Labute approximate surface area is 188 Å². The summed E-state index contributed by atoms with van der Waals surface area (Å²) in [6.07, 6.45) is 1.77. The van der Waals surface area contributed by atoms with Gasteiger partial charge in [0.05, 0.1) is 34.3 Å². The Kier molecular flexibility index (Phi) is 6.53. The lowest BCUT2D eigenvalue weighted by Crippen LogP contribution is -2.27. The van der Waals surface area contributed by atoms with Gasteiger partial charge in [0, 0.05) is 4.47 Å². The molecule has 27 heavy (non-hydrogen) atoms. The number of benzene rings is 2. The van der Waals surface area contributed by atoms with Gasteiger partial charge in [0.2, 0.25) is 0 Å². The molecule has 0 unspecified atom stereocenters. The predicted molar refractivity (Wildman–Crippen MR) is 122 cm³/mol. The molecule has 3 rings (SSSR count). The van der Waals surface area contributed by atoms with Gasteiger partial charge in [0.1, 0.15) is 0 Å². The Morgan fingerprint density at radius 2 is 1.89 bits per heavy atom. The summed E-state index contributed by atoms with van der Waals surface area (Å²) >= 11 is 19.6. The van der Waals surface area contributed by atoms with Crippen molar-refractivity contribution in [3.05, 3.63) is 54.8 Å². The first-order valence-electron chi connectivity index (χ1n) is 7.50. The van der Waals surface area contributed by atoms with E-state index in [1.165, 1.54) is 16.7 Å². The largest absolute Gasteiger partial charge is 0.493 e. The van der Waals surface area contributed by atoms with Crippen molar-refractivity contribution < 1.29 is 14.3 Å². The minimum atomic E-state index is -0.200. The smallest absolute Gasteiger partial charge is 0.270 e. The molecular formula is C18H12Br2ClNO3S2. The van der Waals surface area contributed by atoms with E-state index in [1.807, 2.05) is 6.07 Å². The van der Waals surface area contributed by atoms with Crippen LogP contribution in [0.4, 0.5) is 5.69 Å². The Hall–Kier alpha value is -1.06. The highest BCUT2D eigenvalue weighted by Gasteiger charge is 2.33. The fourth-order valence-corrected chi connectivity index (χ4v) is 4.83. The normalized spacial score (nSPS) is 15.6. The van der Waals surface area contributed by atoms with Crippen LogP contribution in [0.1, 0.15) is 5.56 Å². The van der Waals surface area contributed by atoms with Gasteiger partial charge >= 0.3 is 0 Å². The number of thiocarbonyl (C=S) groups is 1. The van der Waals surface area contributed by atoms with Gasteiger partial charge in [-0.2, -0.15) is 0 Å². The third-order valence-electron chi connectivity index (χ3n) is 3.71. The van der Waals surface area contributed by atoms with E-state index in [4.69, 9.17) is 33.3 Å². The maximum Gasteiger partial charge on any atom is 0.270 e. The molecule has 1 aliphatic heterocycles. The molecule has 1 saturated heterocycles. The Morgan fingerprint density at radius 3 is 2.52 bits per heavy atom. The van der Waals surface area contributed by atoms with Crippen LogP contribution in [0.5, 0.6) is 11.5 Å². The van der Waals surface area contributed by atoms with E-state index >= 15 is 0 Å². The summed E-state index contributed by atoms with van der Waals surface area (Å²) in [6.45, 7) is 0. The van der Waals surface area contributed by atoms with Crippen LogP contribution in [-0.4, -0.2) is 24.4 Å². The molecule has 140 valence electrons. The van der Waals surface area contributed by atoms with Gasteiger partial charge < -0.3 is 9.47 Å². The monoisotopic (exact) mass is 547 g/mol. The van der Waals surface area contributed by atoms with Gasteiger partial charge in [-0.1, -0.05) is 35.6 Å². The van der Waals surface area contributed by atoms with Crippen molar-refractivity contribution >= 4 is 89.4 Å². The summed E-state index contributed by atoms with van der Waals surface area (Å²) in [6, 6.07) is 8.92. The highest BCUT2D eigenvalue weighted by atomic mass is 79.9. The minimum Gasteiger partial charge on any atom is -0.493 e. The number of halogens is 3. The zero-order valence-corrected chi connectivity index (χ0v) is 19.6. The third kappa shape index (κ3) is 4.19. The number of hydrogen-bond acceptors (Lipinski definition) is 5. The van der Waals surface area contributed by atoms with Gasteiger partial charge in [-0.3, -0.25) is 9.69 Å². The number of rotatable bonds is 4. The molecule has 9 heteroatoms. The average Bonchev–Trinajstić information content (AvgIpc) is 2.90. The molecule has 2 aromatic rings. The summed E-state index contributed by atoms with van der Waals surface area (Å²) in [5.41, 5.74) is 1.41. The first kappa shape index (κ1) is 20.7. The lowest BCUT2D eigenvalue weighted by atomic mass is 10.2. The second kappa shape index (κ2) is 8.53. The van der Waals surface area contributed by atoms with Crippen LogP contribution in [0.2, 0.25) is 5.02 Å². The molecule has 0 atom stereocenters. The SMILES string of the molecule is COc1cc(/C=C2/SC(=S)N(c3ccc(Br)c(Cl)c3)C2=O)cc(Br)c1OC. The van der Waals surface area contributed by atoms with Crippen molar-refractivity contribution in [2.24, 2.45) is 0 Å². The number of anilines is 1. The van der Waals surface area contributed by atoms with Crippen molar-refractivity contribution in [2.75, 3.05) is 19.1 Å². The minimum absolute atomic E-state index is 0.200. The standard InChI is InChI=1S/C18H12Br2ClNO3S2/c1-24-14-6-9(5-12(20)16(14)25-2)7-15-17(23)22(18(26)27-15)10-3-4-11(19)13(21)8-10/h3-8H,1-2H3/b15-7+. The van der Waals surface area contributed by atoms with Crippen molar-refractivity contribution in [1.82, 2.24) is 0 Å². The average molecular weight is 550 g/mol. The van der Waals surface area contributed by atoms with Gasteiger partial charge in [0.25, 0.3) is 5.91 Å². The maximum absolute atomic E-state index is 12.9. The van der Waals surface area contributed by atoms with E-state index < -0.39 is 0 Å². The number of carbonyl (C=O) groups is 1. The molecule has 1 heterocycles. The summed E-state index contributed by atoms with van der Waals surface area (Å²) < 4.78 is 12.6. The highest BCUT2D eigenvalue weighted by Crippen LogP contribution is 2.40. The lowest BCUT2D eigenvalue weighted by molar-refractivity contribution is -0.113. The van der Waals surface area contributed by atoms with E-state index in [9.17, 15) is 4.79 Å². The predicted octanol–water partition coefficient (Wildman–Crippen LogP) is 6.29. The Morgan fingerprint density at radius 1 is 1.15 bits per heavy atom. The highest BCUT2D eigenvalue weighted by molar-refractivity contribution is 9.10. The molecule has 0 aromatic heterocycles. The number of methoxy groups -OCH3 is 2. The topological polar surface area (TPSA) is 38.8 Å². The van der Waals surface area contributed by atoms with E-state index in [0.29, 0.717) is 31.4 Å². The number of ether oxygens (including phenoxy) is 2. The van der Waals surface area contributed by atoms with E-state index in [1.54, 1.807) is 44.6 Å². The fourth-order valence-electron chi connectivity index (χ4n) is 2.49. The van der Waals surface area contributed by atoms with Crippen LogP contribution in [-0.2, 0) is 4.79 Å². The molecule has 1 aliphatic rings. The van der Waals surface area contributed by atoms with Crippen LogP contribution in [0.25, 0.3) is 6.08 Å². The summed E-state index contributed by atoms with van der Waals surface area (Å²) in [7, 11) is 3.13. The van der Waals surface area contributed by atoms with Crippen LogP contribution >= 0.6 is 67.4 Å². The Balaban J connectivity index is 1.97. The number of amides is 1. The number of carbonyl (C=O) groups excluding carboxylic acids is 1. The zero-order valence-electron chi connectivity index (χ0n) is 14.1. The molecule has 1 fully saturated rings. The molecule has 1 amide bonds. The number of nitrogens with zero attached hydrogens (tertiary/aromatic N) is 1. The van der Waals surface area contributed by atoms with Crippen molar-refractivity contribution in [3.8, 4) is 11.5 Å². The van der Waals surface area contributed by atoms with Crippen molar-refractivity contribution in [2.45, 2.75) is 0 Å². The summed E-state index contributed by atoms with van der Waals surface area (Å²) in [5.74, 6) is 0.953.